The number of H-pyrrole nitrogens is 1. The smallest absolute Gasteiger partial charge is 0.262 e. The lowest BCUT2D eigenvalue weighted by Crippen LogP contribution is -2.10. The van der Waals surface area contributed by atoms with Gasteiger partial charge < -0.3 is 0 Å². The second-order valence-corrected chi connectivity index (χ2v) is 4.87. The molecule has 2 aromatic heterocycles. The van der Waals surface area contributed by atoms with Crippen LogP contribution in [-0.4, -0.2) is 31.1 Å². The summed E-state index contributed by atoms with van der Waals surface area (Å²) >= 11 is 0. The van der Waals surface area contributed by atoms with Crippen LogP contribution >= 0.6 is 0 Å². The van der Waals surface area contributed by atoms with E-state index in [1.54, 1.807) is 10.8 Å². The van der Waals surface area contributed by atoms with Gasteiger partial charge >= 0.3 is 0 Å². The molecule has 0 aliphatic carbocycles. The fourth-order valence-corrected chi connectivity index (χ4v) is 2.46. The van der Waals surface area contributed by atoms with Crippen molar-refractivity contribution in [3.63, 3.8) is 0 Å². The first-order chi connectivity index (χ1) is 10.8. The van der Waals surface area contributed by atoms with E-state index < -0.39 is 0 Å². The molecular formula is C16H11N5O. The first-order valence-corrected chi connectivity index (χ1v) is 6.77. The molecule has 6 heteroatoms. The Morgan fingerprint density at radius 2 is 1.91 bits per heavy atom. The molecule has 0 saturated carbocycles. The van der Waals surface area contributed by atoms with E-state index in [0.717, 1.165) is 16.5 Å². The van der Waals surface area contributed by atoms with Gasteiger partial charge in [0.1, 0.15) is 0 Å². The topological polar surface area (TPSA) is 76.5 Å². The molecular weight excluding hydrogens is 278 g/mol. The zero-order valence-electron chi connectivity index (χ0n) is 11.5. The number of aromatic nitrogens is 5. The van der Waals surface area contributed by atoms with E-state index in [4.69, 9.17) is 0 Å². The van der Waals surface area contributed by atoms with Crippen LogP contribution in [0.15, 0.2) is 60.8 Å². The monoisotopic (exact) mass is 289 g/mol. The Labute approximate surface area is 125 Å². The minimum atomic E-state index is -0.0529. The van der Waals surface area contributed by atoms with E-state index in [1.165, 1.54) is 0 Å². The highest BCUT2D eigenvalue weighted by molar-refractivity contribution is 6.02. The van der Waals surface area contributed by atoms with Crippen LogP contribution in [-0.2, 0) is 0 Å². The summed E-state index contributed by atoms with van der Waals surface area (Å²) in [5.41, 5.74) is 2.36. The second-order valence-electron chi connectivity index (χ2n) is 4.87. The van der Waals surface area contributed by atoms with E-state index in [-0.39, 0.29) is 5.91 Å². The largest absolute Gasteiger partial charge is 0.283 e. The van der Waals surface area contributed by atoms with Crippen molar-refractivity contribution in [3.05, 3.63) is 66.4 Å². The molecule has 0 radical (unpaired) electrons. The molecule has 0 bridgehead atoms. The van der Waals surface area contributed by atoms with Gasteiger partial charge in [0.25, 0.3) is 5.91 Å². The van der Waals surface area contributed by atoms with Crippen LogP contribution in [0.5, 0.6) is 0 Å². The van der Waals surface area contributed by atoms with E-state index in [0.29, 0.717) is 11.4 Å². The Morgan fingerprint density at radius 3 is 2.68 bits per heavy atom. The number of carbonyl (C=O) groups is 1. The summed E-state index contributed by atoms with van der Waals surface area (Å²) in [7, 11) is 0. The maximum Gasteiger partial charge on any atom is 0.262 e. The van der Waals surface area contributed by atoms with Gasteiger partial charge in [0.15, 0.2) is 0 Å². The number of benzene rings is 2. The van der Waals surface area contributed by atoms with E-state index >= 15 is 0 Å². The number of hydrogen-bond donors (Lipinski definition) is 1. The Balaban J connectivity index is 1.79. The molecule has 106 valence electrons. The molecule has 2 heterocycles. The molecule has 0 unspecified atom stereocenters. The van der Waals surface area contributed by atoms with Crippen molar-refractivity contribution in [2.75, 3.05) is 0 Å². The van der Waals surface area contributed by atoms with Gasteiger partial charge in [-0.1, -0.05) is 18.2 Å². The van der Waals surface area contributed by atoms with Gasteiger partial charge in [-0.05, 0) is 41.6 Å². The predicted octanol–water partition coefficient (Wildman–Crippen LogP) is 2.51. The summed E-state index contributed by atoms with van der Waals surface area (Å²) in [4.78, 5) is 12.6. The van der Waals surface area contributed by atoms with Crippen molar-refractivity contribution in [3.8, 4) is 11.4 Å². The zero-order chi connectivity index (χ0) is 14.9. The fourth-order valence-electron chi connectivity index (χ4n) is 2.46. The Hall–Kier alpha value is -3.28. The Morgan fingerprint density at radius 1 is 1.05 bits per heavy atom. The van der Waals surface area contributed by atoms with Crippen molar-refractivity contribution in [1.29, 1.82) is 0 Å². The maximum absolute atomic E-state index is 12.6. The number of tetrazole rings is 1. The van der Waals surface area contributed by atoms with Crippen LogP contribution in [0.1, 0.15) is 10.4 Å². The minimum Gasteiger partial charge on any atom is -0.283 e. The normalized spacial score (nSPS) is 10.9. The number of nitrogens with zero attached hydrogens (tertiary/aromatic N) is 4. The number of fused-ring (bicyclic) bond motifs is 1. The van der Waals surface area contributed by atoms with Crippen molar-refractivity contribution >= 4 is 16.8 Å². The summed E-state index contributed by atoms with van der Waals surface area (Å²) in [6, 6.07) is 16.8. The zero-order valence-corrected chi connectivity index (χ0v) is 11.5. The summed E-state index contributed by atoms with van der Waals surface area (Å²) < 4.78 is 1.64. The Kier molecular flexibility index (Phi) is 2.79. The molecule has 2 aromatic carbocycles. The third-order valence-corrected chi connectivity index (χ3v) is 3.53. The quantitative estimate of drug-likeness (QED) is 0.615. The first kappa shape index (κ1) is 12.5. The van der Waals surface area contributed by atoms with Crippen LogP contribution in [0.3, 0.4) is 0 Å². The van der Waals surface area contributed by atoms with E-state index in [9.17, 15) is 4.79 Å². The van der Waals surface area contributed by atoms with Gasteiger partial charge in [-0.25, -0.2) is 0 Å². The molecule has 0 fully saturated rings. The lowest BCUT2D eigenvalue weighted by molar-refractivity contribution is 0.0965. The van der Waals surface area contributed by atoms with Gasteiger partial charge in [0.2, 0.25) is 5.82 Å². The third-order valence-electron chi connectivity index (χ3n) is 3.53. The third kappa shape index (κ3) is 1.98. The Bertz CT molecular complexity index is 941. The van der Waals surface area contributed by atoms with Crippen LogP contribution < -0.4 is 0 Å². The molecule has 1 N–H and O–H groups in total. The highest BCUT2D eigenvalue weighted by Crippen LogP contribution is 2.23. The van der Waals surface area contributed by atoms with Crippen molar-refractivity contribution in [2.45, 2.75) is 0 Å². The first-order valence-electron chi connectivity index (χ1n) is 6.77. The molecule has 22 heavy (non-hydrogen) atoms. The lowest BCUT2D eigenvalue weighted by Gasteiger charge is -2.04. The highest BCUT2D eigenvalue weighted by atomic mass is 16.2. The maximum atomic E-state index is 12.6. The molecule has 0 amide bonds. The summed E-state index contributed by atoms with van der Waals surface area (Å²) in [6.45, 7) is 0. The molecule has 6 nitrogen and oxygen atoms in total. The summed E-state index contributed by atoms with van der Waals surface area (Å²) in [6.07, 6.45) is 1.78. The van der Waals surface area contributed by atoms with Crippen molar-refractivity contribution < 1.29 is 4.79 Å². The molecule has 0 aliphatic heterocycles. The van der Waals surface area contributed by atoms with Gasteiger partial charge in [-0.2, -0.15) is 5.21 Å². The average Bonchev–Trinajstić information content (AvgIpc) is 3.24. The standard InChI is InChI=1S/C16H11N5O/c22-16(11-4-2-1-3-5-11)21-9-8-12-10-13(6-7-14(12)21)15-17-19-20-18-15/h1-10H,(H,17,18,19,20). The van der Waals surface area contributed by atoms with Crippen LogP contribution in [0, 0.1) is 0 Å². The van der Waals surface area contributed by atoms with E-state index in [1.807, 2.05) is 54.6 Å². The average molecular weight is 289 g/mol. The SMILES string of the molecule is O=C(c1ccccc1)n1ccc2cc(-c3nn[nH]n3)ccc21. The minimum absolute atomic E-state index is 0.0529. The number of rotatable bonds is 2. The highest BCUT2D eigenvalue weighted by Gasteiger charge is 2.12. The molecule has 0 atom stereocenters. The van der Waals surface area contributed by atoms with Crippen molar-refractivity contribution in [1.82, 2.24) is 25.2 Å². The molecule has 0 aliphatic rings. The van der Waals surface area contributed by atoms with Gasteiger partial charge in [-0.3, -0.25) is 9.36 Å². The number of nitrogens with one attached hydrogen (secondary N) is 1. The second kappa shape index (κ2) is 4.92. The molecule has 4 rings (SSSR count). The molecule has 4 aromatic rings. The van der Waals surface area contributed by atoms with E-state index in [2.05, 4.69) is 20.6 Å². The predicted molar refractivity (Wildman–Crippen MR) is 81.3 cm³/mol. The summed E-state index contributed by atoms with van der Waals surface area (Å²) in [5, 5.41) is 14.9. The molecule has 0 spiro atoms. The fraction of sp³-hybridized carbons (Fsp3) is 0. The number of carbonyl (C=O) groups excluding carboxylic acids is 1. The van der Waals surface area contributed by atoms with Gasteiger partial charge in [0.05, 0.1) is 5.52 Å². The molecule has 0 saturated heterocycles. The van der Waals surface area contributed by atoms with Crippen LogP contribution in [0.2, 0.25) is 0 Å². The number of hydrogen-bond acceptors (Lipinski definition) is 4. The van der Waals surface area contributed by atoms with Crippen molar-refractivity contribution in [2.24, 2.45) is 0 Å². The lowest BCUT2D eigenvalue weighted by atomic mass is 10.1. The van der Waals surface area contributed by atoms with Crippen LogP contribution in [0.25, 0.3) is 22.3 Å². The summed E-state index contributed by atoms with van der Waals surface area (Å²) in [5.74, 6) is 0.479. The van der Waals surface area contributed by atoms with Crippen LogP contribution in [0.4, 0.5) is 0 Å². The van der Waals surface area contributed by atoms with Gasteiger partial charge in [-0.15, -0.1) is 10.2 Å². The number of aromatic amines is 1. The van der Waals surface area contributed by atoms with Gasteiger partial charge in [0, 0.05) is 22.7 Å².